The quantitative estimate of drug-likeness (QED) is 0.845. The number of ether oxygens (including phenoxy) is 1. The van der Waals surface area contributed by atoms with Gasteiger partial charge in [0.05, 0.1) is 23.9 Å². The number of hydrogen-bond donors (Lipinski definition) is 1. The van der Waals surface area contributed by atoms with Gasteiger partial charge in [-0.3, -0.25) is 0 Å². The minimum atomic E-state index is -0.531. The monoisotopic (exact) mass is 318 g/mol. The number of benzene rings is 1. The van der Waals surface area contributed by atoms with Gasteiger partial charge >= 0.3 is 7.12 Å². The molecule has 0 aromatic heterocycles. The molecule has 1 aliphatic rings. The molecule has 4 nitrogen and oxygen atoms in total. The van der Waals surface area contributed by atoms with E-state index in [-0.39, 0.29) is 12.7 Å². The summed E-state index contributed by atoms with van der Waals surface area (Å²) in [5.74, 6) is 0.832. The molecule has 1 aromatic carbocycles. The van der Waals surface area contributed by atoms with E-state index < -0.39 is 18.3 Å². The molecule has 1 heterocycles. The van der Waals surface area contributed by atoms with Gasteiger partial charge in [-0.15, -0.1) is 0 Å². The summed E-state index contributed by atoms with van der Waals surface area (Å²) in [5.41, 5.74) is 0.850. The molecule has 1 aliphatic heterocycles. The van der Waals surface area contributed by atoms with Crippen LogP contribution < -0.4 is 4.74 Å². The number of aliphatic hydroxyl groups is 1. The number of rotatable bonds is 5. The average Bonchev–Trinajstić information content (AvgIpc) is 2.66. The summed E-state index contributed by atoms with van der Waals surface area (Å²) in [6.07, 6.45) is 2.05. The van der Waals surface area contributed by atoms with Crippen molar-refractivity contribution in [3.8, 4) is 5.75 Å². The number of hydrogen-bond acceptors (Lipinski definition) is 4. The second kappa shape index (κ2) is 6.67. The van der Waals surface area contributed by atoms with Crippen molar-refractivity contribution in [2.24, 2.45) is 0 Å². The summed E-state index contributed by atoms with van der Waals surface area (Å²) in [7, 11) is -0.531. The molecule has 126 valence electrons. The molecule has 0 atom stereocenters. The first-order valence-electron chi connectivity index (χ1n) is 8.08. The molecule has 0 spiro atoms. The highest BCUT2D eigenvalue weighted by atomic mass is 16.7. The SMILES string of the molecule is CC(C)Oc1ccc(C=C(CO)B2OC(C)(C)C(C)(C)O2)cc1. The zero-order valence-corrected chi connectivity index (χ0v) is 14.9. The zero-order valence-electron chi connectivity index (χ0n) is 14.9. The highest BCUT2D eigenvalue weighted by Crippen LogP contribution is 2.38. The van der Waals surface area contributed by atoms with Gasteiger partial charge in [0.1, 0.15) is 5.75 Å². The van der Waals surface area contributed by atoms with Crippen molar-refractivity contribution in [2.75, 3.05) is 6.61 Å². The van der Waals surface area contributed by atoms with Gasteiger partial charge < -0.3 is 19.2 Å². The van der Waals surface area contributed by atoms with Crippen LogP contribution in [0, 0.1) is 0 Å². The van der Waals surface area contributed by atoms with Crippen molar-refractivity contribution in [1.82, 2.24) is 0 Å². The molecule has 0 bridgehead atoms. The summed E-state index contributed by atoms with van der Waals surface area (Å²) in [6.45, 7) is 11.9. The van der Waals surface area contributed by atoms with Crippen molar-refractivity contribution in [3.05, 3.63) is 35.3 Å². The van der Waals surface area contributed by atoms with Crippen molar-refractivity contribution in [2.45, 2.75) is 58.8 Å². The van der Waals surface area contributed by atoms with Gasteiger partial charge in [0, 0.05) is 0 Å². The Morgan fingerprint density at radius 1 is 1.13 bits per heavy atom. The van der Waals surface area contributed by atoms with Crippen LogP contribution in [-0.4, -0.2) is 36.1 Å². The van der Waals surface area contributed by atoms with Crippen LogP contribution in [-0.2, 0) is 9.31 Å². The van der Waals surface area contributed by atoms with Gasteiger partial charge in [0.25, 0.3) is 0 Å². The second-order valence-electron chi connectivity index (χ2n) is 7.20. The molecule has 0 radical (unpaired) electrons. The van der Waals surface area contributed by atoms with Crippen LogP contribution in [0.1, 0.15) is 47.1 Å². The minimum absolute atomic E-state index is 0.110. The molecular formula is C18H27BO4. The van der Waals surface area contributed by atoms with E-state index in [1.807, 2.05) is 71.9 Å². The lowest BCUT2D eigenvalue weighted by Crippen LogP contribution is -2.41. The first-order chi connectivity index (χ1) is 10.6. The summed E-state index contributed by atoms with van der Waals surface area (Å²) < 4.78 is 17.6. The fourth-order valence-electron chi connectivity index (χ4n) is 2.31. The van der Waals surface area contributed by atoms with Gasteiger partial charge in [0.15, 0.2) is 0 Å². The second-order valence-corrected chi connectivity index (χ2v) is 7.20. The average molecular weight is 318 g/mol. The zero-order chi connectivity index (χ0) is 17.3. The van der Waals surface area contributed by atoms with E-state index in [4.69, 9.17) is 14.0 Å². The van der Waals surface area contributed by atoms with Gasteiger partial charge in [0.2, 0.25) is 0 Å². The third kappa shape index (κ3) is 4.16. The van der Waals surface area contributed by atoms with E-state index in [1.54, 1.807) is 0 Å². The Morgan fingerprint density at radius 2 is 1.65 bits per heavy atom. The van der Waals surface area contributed by atoms with Crippen LogP contribution >= 0.6 is 0 Å². The van der Waals surface area contributed by atoms with Crippen molar-refractivity contribution in [1.29, 1.82) is 0 Å². The molecule has 1 aromatic rings. The molecular weight excluding hydrogens is 291 g/mol. The minimum Gasteiger partial charge on any atom is -0.491 e. The summed E-state index contributed by atoms with van der Waals surface area (Å²) in [6, 6.07) is 7.76. The maximum absolute atomic E-state index is 9.71. The molecule has 0 amide bonds. The standard InChI is InChI=1S/C18H27BO4/c1-13(2)21-16-9-7-14(8-10-16)11-15(12-20)19-22-17(3,4)18(5,6)23-19/h7-11,13,20H,12H2,1-6H3. The molecule has 1 saturated heterocycles. The summed E-state index contributed by atoms with van der Waals surface area (Å²) >= 11 is 0. The Kier molecular flexibility index (Phi) is 5.24. The topological polar surface area (TPSA) is 47.9 Å². The summed E-state index contributed by atoms with van der Waals surface area (Å²) in [4.78, 5) is 0. The molecule has 0 unspecified atom stereocenters. The molecule has 0 aliphatic carbocycles. The Balaban J connectivity index is 2.16. The highest BCUT2D eigenvalue weighted by Gasteiger charge is 2.52. The van der Waals surface area contributed by atoms with E-state index in [2.05, 4.69) is 0 Å². The third-order valence-corrected chi connectivity index (χ3v) is 4.34. The Labute approximate surface area is 139 Å². The van der Waals surface area contributed by atoms with Crippen LogP contribution in [0.3, 0.4) is 0 Å². The van der Waals surface area contributed by atoms with Gasteiger partial charge in [-0.25, -0.2) is 0 Å². The Morgan fingerprint density at radius 3 is 2.09 bits per heavy atom. The van der Waals surface area contributed by atoms with E-state index in [1.165, 1.54) is 0 Å². The fraction of sp³-hybridized carbons (Fsp3) is 0.556. The highest BCUT2D eigenvalue weighted by molar-refractivity contribution is 6.55. The lowest BCUT2D eigenvalue weighted by Gasteiger charge is -2.32. The van der Waals surface area contributed by atoms with E-state index in [0.717, 1.165) is 11.3 Å². The van der Waals surface area contributed by atoms with Gasteiger partial charge in [-0.05, 0) is 64.7 Å². The van der Waals surface area contributed by atoms with Gasteiger partial charge in [-0.2, -0.15) is 0 Å². The Hall–Kier alpha value is -1.30. The van der Waals surface area contributed by atoms with Crippen LogP contribution in [0.5, 0.6) is 5.75 Å². The smallest absolute Gasteiger partial charge is 0.491 e. The molecule has 1 N–H and O–H groups in total. The lowest BCUT2D eigenvalue weighted by molar-refractivity contribution is 0.00578. The Bertz CT molecular complexity index is 545. The summed E-state index contributed by atoms with van der Waals surface area (Å²) in [5, 5.41) is 9.71. The lowest BCUT2D eigenvalue weighted by atomic mass is 9.77. The molecule has 23 heavy (non-hydrogen) atoms. The van der Waals surface area contributed by atoms with Gasteiger partial charge in [-0.1, -0.05) is 18.2 Å². The predicted octanol–water partition coefficient (Wildman–Crippen LogP) is 3.48. The molecule has 5 heteroatoms. The van der Waals surface area contributed by atoms with Crippen molar-refractivity contribution < 1.29 is 19.2 Å². The molecule has 2 rings (SSSR count). The molecule has 0 saturated carbocycles. The fourth-order valence-corrected chi connectivity index (χ4v) is 2.31. The van der Waals surface area contributed by atoms with Crippen molar-refractivity contribution >= 4 is 13.2 Å². The first kappa shape index (κ1) is 18.0. The largest absolute Gasteiger partial charge is 0.492 e. The maximum Gasteiger partial charge on any atom is 0.492 e. The molecule has 1 fully saturated rings. The van der Waals surface area contributed by atoms with E-state index in [9.17, 15) is 5.11 Å². The van der Waals surface area contributed by atoms with Crippen LogP contribution in [0.25, 0.3) is 6.08 Å². The normalized spacial score (nSPS) is 20.2. The third-order valence-electron chi connectivity index (χ3n) is 4.34. The van der Waals surface area contributed by atoms with Crippen molar-refractivity contribution in [3.63, 3.8) is 0 Å². The number of aliphatic hydroxyl groups excluding tert-OH is 1. The van der Waals surface area contributed by atoms with E-state index in [0.29, 0.717) is 5.47 Å². The first-order valence-corrected chi connectivity index (χ1v) is 8.08. The van der Waals surface area contributed by atoms with Crippen LogP contribution in [0.2, 0.25) is 0 Å². The van der Waals surface area contributed by atoms with Crippen LogP contribution in [0.4, 0.5) is 0 Å². The van der Waals surface area contributed by atoms with E-state index >= 15 is 0 Å². The van der Waals surface area contributed by atoms with Crippen LogP contribution in [0.15, 0.2) is 29.7 Å². The predicted molar refractivity (Wildman–Crippen MR) is 93.4 cm³/mol. The maximum atomic E-state index is 9.71.